The Balaban J connectivity index is 5.04. The highest BCUT2D eigenvalue weighted by Gasteiger charge is 2.22. The predicted octanol–water partition coefficient (Wildman–Crippen LogP) is 7.94. The van der Waals surface area contributed by atoms with Crippen molar-refractivity contribution in [2.45, 2.75) is 180 Å². The van der Waals surface area contributed by atoms with Crippen LogP contribution in [-0.2, 0) is 52.5 Å². The maximum Gasteiger partial charge on any atom is 0.410 e. The second kappa shape index (κ2) is 35.8. The fraction of sp³-hybridized carbons (Fsp3) is 0.844. The normalized spacial score (nSPS) is 11.1. The van der Waals surface area contributed by atoms with Gasteiger partial charge in [-0.25, -0.2) is 4.79 Å². The van der Waals surface area contributed by atoms with Crippen molar-refractivity contribution in [3.63, 3.8) is 0 Å². The van der Waals surface area contributed by atoms with Crippen LogP contribution in [0.4, 0.5) is 4.79 Å². The molecule has 0 aromatic carbocycles. The summed E-state index contributed by atoms with van der Waals surface area (Å²) in [6, 6.07) is 0. The zero-order valence-corrected chi connectivity index (χ0v) is 38.5. The molecule has 3 amide bonds. The lowest BCUT2D eigenvalue weighted by Gasteiger charge is -2.27. The Kier molecular flexibility index (Phi) is 33.5. The molecule has 0 bridgehead atoms. The zero-order valence-electron chi connectivity index (χ0n) is 38.5. The minimum atomic E-state index is -0.641. The maximum absolute atomic E-state index is 13.3. The smallest absolute Gasteiger partial charge is 0.410 e. The quantitative estimate of drug-likeness (QED) is 0.0339. The van der Waals surface area contributed by atoms with Crippen LogP contribution in [0.3, 0.4) is 0 Å². The van der Waals surface area contributed by atoms with Crippen LogP contribution in [-0.4, -0.2) is 130 Å². The van der Waals surface area contributed by atoms with Crippen molar-refractivity contribution in [2.75, 3.05) is 67.7 Å². The van der Waals surface area contributed by atoms with Gasteiger partial charge in [0.25, 0.3) is 0 Å². The number of nitrogens with zero attached hydrogens (tertiary/aromatic N) is 3. The molecular weight excluding hydrogens is 775 g/mol. The number of hydrogen-bond donors (Lipinski definition) is 0. The first-order valence-electron chi connectivity index (χ1n) is 22.5. The van der Waals surface area contributed by atoms with E-state index < -0.39 is 5.60 Å². The van der Waals surface area contributed by atoms with E-state index in [1.54, 1.807) is 4.90 Å². The summed E-state index contributed by atoms with van der Waals surface area (Å²) >= 11 is 0. The summed E-state index contributed by atoms with van der Waals surface area (Å²) in [6.07, 6.45) is 15.6. The molecule has 0 aliphatic carbocycles. The maximum atomic E-state index is 13.3. The average Bonchev–Trinajstić information content (AvgIpc) is 3.21. The summed E-state index contributed by atoms with van der Waals surface area (Å²) in [5.74, 6) is -0.752. The minimum Gasteiger partial charge on any atom is -0.469 e. The van der Waals surface area contributed by atoms with Crippen molar-refractivity contribution >= 4 is 41.8 Å². The molecule has 15 heteroatoms. The highest BCUT2D eigenvalue weighted by molar-refractivity contribution is 5.76. The van der Waals surface area contributed by atoms with Crippen molar-refractivity contribution in [1.29, 1.82) is 0 Å². The molecule has 0 unspecified atom stereocenters. The summed E-state index contributed by atoms with van der Waals surface area (Å²) in [4.78, 5) is 91.1. The lowest BCUT2D eigenvalue weighted by atomic mass is 10.1. The molecule has 60 heavy (non-hydrogen) atoms. The number of hydrogen-bond acceptors (Lipinski definition) is 12. The van der Waals surface area contributed by atoms with E-state index in [0.717, 1.165) is 77.0 Å². The van der Waals surface area contributed by atoms with Crippen LogP contribution in [0.5, 0.6) is 0 Å². The van der Waals surface area contributed by atoms with Crippen molar-refractivity contribution in [3.05, 3.63) is 0 Å². The molecule has 0 aromatic heterocycles. The van der Waals surface area contributed by atoms with Crippen LogP contribution in [0.25, 0.3) is 0 Å². The van der Waals surface area contributed by atoms with Gasteiger partial charge >= 0.3 is 30.0 Å². The molecule has 0 aliphatic rings. The molecule has 0 rings (SSSR count). The van der Waals surface area contributed by atoms with E-state index in [-0.39, 0.29) is 41.8 Å². The molecule has 0 fully saturated rings. The van der Waals surface area contributed by atoms with Gasteiger partial charge in [-0.3, -0.25) is 28.8 Å². The second-order valence-electron chi connectivity index (χ2n) is 16.4. The third-order valence-electron chi connectivity index (χ3n) is 10.1. The van der Waals surface area contributed by atoms with Gasteiger partial charge in [-0.2, -0.15) is 0 Å². The largest absolute Gasteiger partial charge is 0.469 e. The molecule has 0 atom stereocenters. The summed E-state index contributed by atoms with van der Waals surface area (Å²) < 4.78 is 24.6. The van der Waals surface area contributed by atoms with Crippen molar-refractivity contribution < 1.29 is 57.2 Å². The van der Waals surface area contributed by atoms with Gasteiger partial charge in [0.1, 0.15) is 5.60 Å². The van der Waals surface area contributed by atoms with E-state index in [1.807, 2.05) is 30.6 Å². The van der Waals surface area contributed by atoms with E-state index in [0.29, 0.717) is 116 Å². The summed E-state index contributed by atoms with van der Waals surface area (Å²) in [5.41, 5.74) is -0.641. The van der Waals surface area contributed by atoms with Crippen LogP contribution >= 0.6 is 0 Å². The molecule has 0 N–H and O–H groups in total. The third kappa shape index (κ3) is 31.9. The molecule has 0 aromatic rings. The van der Waals surface area contributed by atoms with E-state index in [9.17, 15) is 33.6 Å². The SMILES string of the molecule is COC(=O)CCCCCN(CCCCCC(=O)OC)C(=O)CCCCCN(CCCCCC(=O)N(CCCCCC(=O)OC)CCCCCC(=O)OC)C(=O)OC(C)(C)C. The second-order valence-corrected chi connectivity index (χ2v) is 16.4. The van der Waals surface area contributed by atoms with E-state index >= 15 is 0 Å². The van der Waals surface area contributed by atoms with Gasteiger partial charge in [-0.15, -0.1) is 0 Å². The van der Waals surface area contributed by atoms with Crippen LogP contribution in [0.2, 0.25) is 0 Å². The van der Waals surface area contributed by atoms with Crippen LogP contribution in [0.15, 0.2) is 0 Å². The number of esters is 4. The van der Waals surface area contributed by atoms with Gasteiger partial charge < -0.3 is 38.4 Å². The monoisotopic (exact) mass is 856 g/mol. The highest BCUT2D eigenvalue weighted by atomic mass is 16.6. The number of amides is 3. The van der Waals surface area contributed by atoms with E-state index in [1.165, 1.54) is 28.4 Å². The van der Waals surface area contributed by atoms with Crippen LogP contribution in [0, 0.1) is 0 Å². The number of methoxy groups -OCH3 is 4. The fourth-order valence-corrected chi connectivity index (χ4v) is 6.57. The molecule has 0 aliphatic heterocycles. The molecule has 0 saturated carbocycles. The standard InChI is InChI=1S/C45H81N3O12/c1-45(2,3)60-44(55)48(36-24-8-14-26-38(49)46(32-20-10-16-28-40(51)56-4)33-21-11-17-29-41(52)57-5)37-25-9-15-27-39(50)47(34-22-12-18-30-42(53)58-6)35-23-13-19-31-43(54)59-7/h8-37H2,1-7H3. The topological polar surface area (TPSA) is 175 Å². The van der Waals surface area contributed by atoms with Crippen LogP contribution in [0.1, 0.15) is 175 Å². The Labute approximate surface area is 361 Å². The Morgan fingerprint density at radius 2 is 0.567 bits per heavy atom. The number of carbonyl (C=O) groups is 7. The summed E-state index contributed by atoms with van der Waals surface area (Å²) in [6.45, 7) is 9.00. The molecule has 0 radical (unpaired) electrons. The fourth-order valence-electron chi connectivity index (χ4n) is 6.57. The van der Waals surface area contributed by atoms with Crippen molar-refractivity contribution in [1.82, 2.24) is 14.7 Å². The third-order valence-corrected chi connectivity index (χ3v) is 10.1. The molecular formula is C45H81N3O12. The Morgan fingerprint density at radius 3 is 0.800 bits per heavy atom. The van der Waals surface area contributed by atoms with Gasteiger partial charge in [0.05, 0.1) is 28.4 Å². The van der Waals surface area contributed by atoms with Gasteiger partial charge in [-0.1, -0.05) is 38.5 Å². The highest BCUT2D eigenvalue weighted by Crippen LogP contribution is 2.16. The molecule has 348 valence electrons. The molecule has 15 nitrogen and oxygen atoms in total. The van der Waals surface area contributed by atoms with E-state index in [4.69, 9.17) is 23.7 Å². The summed E-state index contributed by atoms with van der Waals surface area (Å²) in [5, 5.41) is 0. The lowest BCUT2D eigenvalue weighted by molar-refractivity contribution is -0.141. The van der Waals surface area contributed by atoms with Gasteiger partial charge in [0.2, 0.25) is 11.8 Å². The number of carbonyl (C=O) groups excluding carboxylic acids is 7. The Bertz CT molecular complexity index is 1090. The first kappa shape index (κ1) is 56.1. The number of unbranched alkanes of at least 4 members (excludes halogenated alkanes) is 12. The first-order valence-corrected chi connectivity index (χ1v) is 22.5. The van der Waals surface area contributed by atoms with E-state index in [2.05, 4.69) is 0 Å². The first-order chi connectivity index (χ1) is 28.7. The van der Waals surface area contributed by atoms with Gasteiger partial charge in [-0.05, 0) is 97.8 Å². The summed E-state index contributed by atoms with van der Waals surface area (Å²) in [7, 11) is 5.52. The molecule has 0 heterocycles. The van der Waals surface area contributed by atoms with Crippen molar-refractivity contribution in [2.24, 2.45) is 0 Å². The predicted molar refractivity (Wildman–Crippen MR) is 230 cm³/mol. The Hall–Kier alpha value is -3.91. The van der Waals surface area contributed by atoms with Crippen molar-refractivity contribution in [3.8, 4) is 0 Å². The number of ether oxygens (including phenoxy) is 5. The molecule has 0 spiro atoms. The van der Waals surface area contributed by atoms with Gasteiger partial charge in [0, 0.05) is 77.8 Å². The zero-order chi connectivity index (χ0) is 45.0. The Morgan fingerprint density at radius 1 is 0.333 bits per heavy atom. The average molecular weight is 856 g/mol. The minimum absolute atomic E-state index is 0.0881. The molecule has 0 saturated heterocycles. The number of rotatable bonds is 36. The van der Waals surface area contributed by atoms with Gasteiger partial charge in [0.15, 0.2) is 0 Å². The van der Waals surface area contributed by atoms with Crippen LogP contribution < -0.4 is 0 Å². The lowest BCUT2D eigenvalue weighted by Crippen LogP contribution is -2.38.